The van der Waals surface area contributed by atoms with Crippen LogP contribution in [-0.4, -0.2) is 36.6 Å². The van der Waals surface area contributed by atoms with E-state index >= 15 is 0 Å². The zero-order chi connectivity index (χ0) is 13.6. The normalized spacial score (nSPS) is 23.3. The molecule has 0 aromatic heterocycles. The van der Waals surface area contributed by atoms with Gasteiger partial charge in [-0.25, -0.2) is 0 Å². The standard InChI is InChI=1S/C15H29N3/c1-5-15(6-2)8-10-18(11-9-15)13-14(4,12-16)17-7-3/h17H,5-11,13H2,1-4H3. The predicted molar refractivity (Wildman–Crippen MR) is 76.4 cm³/mol. The van der Waals surface area contributed by atoms with Crippen LogP contribution in [0.15, 0.2) is 0 Å². The highest BCUT2D eigenvalue weighted by Crippen LogP contribution is 2.38. The fraction of sp³-hybridized carbons (Fsp3) is 0.933. The zero-order valence-electron chi connectivity index (χ0n) is 12.6. The average Bonchev–Trinajstić information content (AvgIpc) is 2.40. The Morgan fingerprint density at radius 3 is 2.17 bits per heavy atom. The van der Waals surface area contributed by atoms with Gasteiger partial charge in [-0.3, -0.25) is 5.32 Å². The Bertz CT molecular complexity index is 281. The summed E-state index contributed by atoms with van der Waals surface area (Å²) in [7, 11) is 0. The molecule has 0 aliphatic carbocycles. The molecular formula is C15H29N3. The molecule has 1 atom stereocenters. The summed E-state index contributed by atoms with van der Waals surface area (Å²) >= 11 is 0. The summed E-state index contributed by atoms with van der Waals surface area (Å²) in [6.07, 6.45) is 5.15. The topological polar surface area (TPSA) is 39.1 Å². The largest absolute Gasteiger partial charge is 0.300 e. The molecule has 1 N–H and O–H groups in total. The van der Waals surface area contributed by atoms with Crippen molar-refractivity contribution in [1.82, 2.24) is 10.2 Å². The molecule has 1 heterocycles. The van der Waals surface area contributed by atoms with E-state index in [1.54, 1.807) is 0 Å². The first-order valence-electron chi connectivity index (χ1n) is 7.41. The highest BCUT2D eigenvalue weighted by Gasteiger charge is 2.34. The van der Waals surface area contributed by atoms with E-state index in [1.165, 1.54) is 25.7 Å². The third-order valence-corrected chi connectivity index (χ3v) is 4.77. The Balaban J connectivity index is 2.51. The van der Waals surface area contributed by atoms with E-state index in [0.717, 1.165) is 26.2 Å². The Morgan fingerprint density at radius 1 is 1.22 bits per heavy atom. The molecule has 0 bridgehead atoms. The maximum absolute atomic E-state index is 9.30. The SMILES string of the molecule is CCNC(C)(C#N)CN1CCC(CC)(CC)CC1. The molecule has 1 aliphatic heterocycles. The van der Waals surface area contributed by atoms with Crippen molar-refractivity contribution in [2.45, 2.75) is 58.9 Å². The highest BCUT2D eigenvalue weighted by molar-refractivity contribution is 5.06. The lowest BCUT2D eigenvalue weighted by molar-refractivity contribution is 0.0831. The predicted octanol–water partition coefficient (Wildman–Crippen LogP) is 2.78. The average molecular weight is 251 g/mol. The van der Waals surface area contributed by atoms with Crippen LogP contribution in [0.25, 0.3) is 0 Å². The molecule has 0 aromatic carbocycles. The summed E-state index contributed by atoms with van der Waals surface area (Å²) in [6, 6.07) is 2.42. The number of hydrogen-bond donors (Lipinski definition) is 1. The third kappa shape index (κ3) is 3.70. The van der Waals surface area contributed by atoms with Crippen LogP contribution >= 0.6 is 0 Å². The molecule has 0 spiro atoms. The number of likely N-dealkylation sites (tertiary alicyclic amines) is 1. The summed E-state index contributed by atoms with van der Waals surface area (Å²) in [5.74, 6) is 0. The van der Waals surface area contributed by atoms with E-state index in [0.29, 0.717) is 5.41 Å². The molecule has 0 amide bonds. The fourth-order valence-electron chi connectivity index (χ4n) is 3.11. The van der Waals surface area contributed by atoms with Crippen LogP contribution in [0.4, 0.5) is 0 Å². The van der Waals surface area contributed by atoms with Gasteiger partial charge in [-0.2, -0.15) is 5.26 Å². The molecule has 1 fully saturated rings. The number of nitrogens with zero attached hydrogens (tertiary/aromatic N) is 2. The van der Waals surface area contributed by atoms with Gasteiger partial charge in [0.15, 0.2) is 0 Å². The lowest BCUT2D eigenvalue weighted by Crippen LogP contribution is -2.53. The van der Waals surface area contributed by atoms with Crippen molar-refractivity contribution >= 4 is 0 Å². The Morgan fingerprint density at radius 2 is 1.78 bits per heavy atom. The van der Waals surface area contributed by atoms with Crippen molar-refractivity contribution in [3.8, 4) is 6.07 Å². The van der Waals surface area contributed by atoms with Crippen molar-refractivity contribution in [2.24, 2.45) is 5.41 Å². The molecule has 1 rings (SSSR count). The van der Waals surface area contributed by atoms with Gasteiger partial charge in [0.1, 0.15) is 5.54 Å². The fourth-order valence-corrected chi connectivity index (χ4v) is 3.11. The molecule has 0 saturated carbocycles. The lowest BCUT2D eigenvalue weighted by Gasteiger charge is -2.42. The molecule has 1 saturated heterocycles. The van der Waals surface area contributed by atoms with Gasteiger partial charge in [0, 0.05) is 6.54 Å². The van der Waals surface area contributed by atoms with E-state index in [9.17, 15) is 5.26 Å². The van der Waals surface area contributed by atoms with E-state index in [4.69, 9.17) is 0 Å². The van der Waals surface area contributed by atoms with Gasteiger partial charge < -0.3 is 4.90 Å². The van der Waals surface area contributed by atoms with E-state index in [-0.39, 0.29) is 0 Å². The Kier molecular flexibility index (Phi) is 5.62. The van der Waals surface area contributed by atoms with Crippen LogP contribution in [0.2, 0.25) is 0 Å². The molecule has 3 nitrogen and oxygen atoms in total. The Hall–Kier alpha value is -0.590. The van der Waals surface area contributed by atoms with Crippen molar-refractivity contribution in [3.63, 3.8) is 0 Å². The zero-order valence-corrected chi connectivity index (χ0v) is 12.6. The van der Waals surface area contributed by atoms with Crippen LogP contribution < -0.4 is 5.32 Å². The van der Waals surface area contributed by atoms with Crippen molar-refractivity contribution in [3.05, 3.63) is 0 Å². The smallest absolute Gasteiger partial charge is 0.116 e. The van der Waals surface area contributed by atoms with E-state index in [1.807, 2.05) is 6.92 Å². The number of nitrogens with one attached hydrogen (secondary N) is 1. The summed E-state index contributed by atoms with van der Waals surface area (Å²) in [5.41, 5.74) is 0.172. The van der Waals surface area contributed by atoms with E-state index in [2.05, 4.69) is 37.1 Å². The van der Waals surface area contributed by atoms with Crippen molar-refractivity contribution in [2.75, 3.05) is 26.2 Å². The summed E-state index contributed by atoms with van der Waals surface area (Å²) in [4.78, 5) is 2.45. The number of likely N-dealkylation sites (N-methyl/N-ethyl adjacent to an activating group) is 1. The second kappa shape index (κ2) is 6.54. The van der Waals surface area contributed by atoms with Crippen LogP contribution in [0.1, 0.15) is 53.4 Å². The first-order chi connectivity index (χ1) is 8.53. The molecule has 3 heteroatoms. The van der Waals surface area contributed by atoms with Crippen LogP contribution in [0.5, 0.6) is 0 Å². The second-order valence-corrected chi connectivity index (χ2v) is 5.96. The van der Waals surface area contributed by atoms with Gasteiger partial charge in [0.2, 0.25) is 0 Å². The van der Waals surface area contributed by atoms with Crippen molar-refractivity contribution < 1.29 is 0 Å². The first kappa shape index (κ1) is 15.5. The van der Waals surface area contributed by atoms with Gasteiger partial charge in [-0.1, -0.05) is 33.6 Å². The van der Waals surface area contributed by atoms with Gasteiger partial charge in [0.05, 0.1) is 6.07 Å². The highest BCUT2D eigenvalue weighted by atomic mass is 15.2. The number of rotatable bonds is 6. The third-order valence-electron chi connectivity index (χ3n) is 4.77. The minimum Gasteiger partial charge on any atom is -0.300 e. The van der Waals surface area contributed by atoms with Gasteiger partial charge in [-0.05, 0) is 44.8 Å². The summed E-state index contributed by atoms with van der Waals surface area (Å²) in [5, 5.41) is 12.6. The second-order valence-electron chi connectivity index (χ2n) is 5.96. The number of nitriles is 1. The first-order valence-corrected chi connectivity index (χ1v) is 7.41. The van der Waals surface area contributed by atoms with Crippen LogP contribution in [0.3, 0.4) is 0 Å². The molecular weight excluding hydrogens is 222 g/mol. The molecule has 1 aliphatic rings. The number of piperidine rings is 1. The number of hydrogen-bond acceptors (Lipinski definition) is 3. The van der Waals surface area contributed by atoms with E-state index < -0.39 is 5.54 Å². The van der Waals surface area contributed by atoms with Gasteiger partial charge in [-0.15, -0.1) is 0 Å². The van der Waals surface area contributed by atoms with Gasteiger partial charge in [0.25, 0.3) is 0 Å². The molecule has 18 heavy (non-hydrogen) atoms. The minimum atomic E-state index is -0.396. The maximum Gasteiger partial charge on any atom is 0.116 e. The molecule has 0 aromatic rings. The lowest BCUT2D eigenvalue weighted by atomic mass is 9.74. The monoisotopic (exact) mass is 251 g/mol. The maximum atomic E-state index is 9.30. The van der Waals surface area contributed by atoms with Crippen LogP contribution in [0, 0.1) is 16.7 Å². The summed E-state index contributed by atoms with van der Waals surface area (Å²) < 4.78 is 0. The van der Waals surface area contributed by atoms with Crippen LogP contribution in [-0.2, 0) is 0 Å². The quantitative estimate of drug-likeness (QED) is 0.789. The molecule has 0 radical (unpaired) electrons. The molecule has 1 unspecified atom stereocenters. The Labute approximate surface area is 113 Å². The summed E-state index contributed by atoms with van der Waals surface area (Å²) in [6.45, 7) is 12.7. The molecule has 104 valence electrons. The van der Waals surface area contributed by atoms with Crippen molar-refractivity contribution in [1.29, 1.82) is 5.26 Å². The van der Waals surface area contributed by atoms with Gasteiger partial charge >= 0.3 is 0 Å². The minimum absolute atomic E-state index is 0.396.